The molecule has 4 aliphatic heterocycles. The molecule has 8 heteroatoms. The van der Waals surface area contributed by atoms with Crippen molar-refractivity contribution < 1.29 is 0 Å². The predicted molar refractivity (Wildman–Crippen MR) is 388 cm³/mol. The molecule has 458 valence electrons. The standard InChI is InChI=1S/C82H90N8/c1-17-49-43(13)79-77(80-44(14)50(18-2)66(88-80)38-70-54(22-6)58(26-10)74(84-70)41-73-57(25-9)53(21-5)69(83-73)37-65(49)87-79)61-33-29-31-47-35-48-32-30-34-62(64(48)36-63(47)61)78-81-45(15)51(19-3)67(89-81)39-71-55(23-7)59(27-11)75(85-71)42-76-60(28-12)56(24-8)72(86-76)40-68-52(20-4)46(16)82(78)90-68/h29-42,83,85,88,90H,17-28H2,1-16H3. The lowest BCUT2D eigenvalue weighted by Crippen LogP contribution is -1.93. The van der Waals surface area contributed by atoms with E-state index in [0.717, 1.165) is 189 Å². The van der Waals surface area contributed by atoms with Gasteiger partial charge in [0.15, 0.2) is 0 Å². The van der Waals surface area contributed by atoms with Gasteiger partial charge in [-0.2, -0.15) is 0 Å². The van der Waals surface area contributed by atoms with E-state index in [9.17, 15) is 0 Å². The molecule has 6 aromatic heterocycles. The number of benzene rings is 3. The fourth-order valence-corrected chi connectivity index (χ4v) is 16.4. The van der Waals surface area contributed by atoms with Crippen LogP contribution in [0.25, 0.3) is 133 Å². The first-order valence-electron chi connectivity index (χ1n) is 34.1. The van der Waals surface area contributed by atoms with Gasteiger partial charge in [0.05, 0.1) is 56.6 Å². The average Bonchev–Trinajstić information content (AvgIpc) is 1.35. The molecule has 0 spiro atoms. The van der Waals surface area contributed by atoms with Gasteiger partial charge < -0.3 is 19.9 Å². The maximum atomic E-state index is 5.89. The molecule has 0 aliphatic carbocycles. The fraction of sp³-hybridized carbons (Fsp3) is 0.341. The van der Waals surface area contributed by atoms with Crippen LogP contribution in [-0.4, -0.2) is 39.9 Å². The van der Waals surface area contributed by atoms with Crippen molar-refractivity contribution >= 4 is 110 Å². The molecular weight excluding hydrogens is 1100 g/mol. The smallest absolute Gasteiger partial charge is 0.0769 e. The van der Waals surface area contributed by atoms with Gasteiger partial charge >= 0.3 is 0 Å². The number of hydrogen-bond donors (Lipinski definition) is 4. The molecule has 0 saturated heterocycles. The minimum absolute atomic E-state index is 0.851. The van der Waals surface area contributed by atoms with E-state index in [1.54, 1.807) is 0 Å². The molecule has 0 unspecified atom stereocenters. The van der Waals surface area contributed by atoms with Crippen molar-refractivity contribution in [2.45, 2.75) is 188 Å². The quantitative estimate of drug-likeness (QED) is 0.0812. The lowest BCUT2D eigenvalue weighted by molar-refractivity contribution is 1.07. The first-order chi connectivity index (χ1) is 43.7. The summed E-state index contributed by atoms with van der Waals surface area (Å²) in [7, 11) is 0. The summed E-state index contributed by atoms with van der Waals surface area (Å²) < 4.78 is 0. The van der Waals surface area contributed by atoms with Crippen molar-refractivity contribution in [2.24, 2.45) is 0 Å². The Morgan fingerprint density at radius 2 is 0.578 bits per heavy atom. The van der Waals surface area contributed by atoms with Crippen LogP contribution < -0.4 is 0 Å². The summed E-state index contributed by atoms with van der Waals surface area (Å²) in [6.07, 6.45) is 10.7. The third-order valence-corrected chi connectivity index (χ3v) is 20.9. The van der Waals surface area contributed by atoms with Gasteiger partial charge in [-0.1, -0.05) is 119 Å². The van der Waals surface area contributed by atoms with Crippen molar-refractivity contribution in [2.75, 3.05) is 0 Å². The van der Waals surface area contributed by atoms with Crippen molar-refractivity contribution in [3.63, 3.8) is 0 Å². The Balaban J connectivity index is 1.18. The number of aromatic nitrogens is 8. The molecule has 10 heterocycles. The molecule has 3 aromatic carbocycles. The molecule has 0 fully saturated rings. The van der Waals surface area contributed by atoms with Crippen LogP contribution in [0.4, 0.5) is 0 Å². The topological polar surface area (TPSA) is 115 Å². The van der Waals surface area contributed by atoms with Crippen LogP contribution in [-0.2, 0) is 38.5 Å². The van der Waals surface area contributed by atoms with Gasteiger partial charge in [-0.15, -0.1) is 0 Å². The molecule has 8 nitrogen and oxygen atoms in total. The molecule has 16 bridgehead atoms. The van der Waals surface area contributed by atoms with Crippen LogP contribution >= 0.6 is 0 Å². The maximum Gasteiger partial charge on any atom is 0.0769 e. The lowest BCUT2D eigenvalue weighted by atomic mass is 9.88. The zero-order valence-corrected chi connectivity index (χ0v) is 56.4. The number of rotatable bonds is 14. The third kappa shape index (κ3) is 9.43. The number of nitrogens with zero attached hydrogens (tertiary/aromatic N) is 4. The molecule has 0 saturated carbocycles. The molecule has 0 radical (unpaired) electrons. The van der Waals surface area contributed by atoms with Crippen LogP contribution in [0.1, 0.15) is 226 Å². The van der Waals surface area contributed by atoms with Gasteiger partial charge in [0.2, 0.25) is 0 Å². The highest BCUT2D eigenvalue weighted by Crippen LogP contribution is 2.48. The summed E-state index contributed by atoms with van der Waals surface area (Å²) >= 11 is 0. The van der Waals surface area contributed by atoms with Crippen LogP contribution in [0.2, 0.25) is 0 Å². The van der Waals surface area contributed by atoms with Crippen molar-refractivity contribution in [1.29, 1.82) is 0 Å². The first kappa shape index (κ1) is 60.3. The zero-order chi connectivity index (χ0) is 63.1. The molecule has 9 aromatic rings. The average molecular weight is 1190 g/mol. The normalized spacial score (nSPS) is 13.7. The molecular formula is C82H90N8. The Labute approximate surface area is 532 Å². The molecule has 90 heavy (non-hydrogen) atoms. The molecule has 0 atom stereocenters. The second-order valence-electron chi connectivity index (χ2n) is 25.2. The summed E-state index contributed by atoms with van der Waals surface area (Å²) in [6, 6.07) is 32.8. The Hall–Kier alpha value is -8.62. The van der Waals surface area contributed by atoms with E-state index in [4.69, 9.17) is 19.9 Å². The molecule has 13 rings (SSSR count). The number of hydrogen-bond acceptors (Lipinski definition) is 4. The summed E-state index contributed by atoms with van der Waals surface area (Å²) in [5, 5.41) is 4.70. The van der Waals surface area contributed by atoms with Gasteiger partial charge in [-0.3, -0.25) is 0 Å². The highest BCUT2D eigenvalue weighted by atomic mass is 14.8. The summed E-state index contributed by atoms with van der Waals surface area (Å²) in [6.45, 7) is 36.7. The first-order valence-corrected chi connectivity index (χ1v) is 34.1. The predicted octanol–water partition coefficient (Wildman–Crippen LogP) is 22.7. The van der Waals surface area contributed by atoms with Gasteiger partial charge in [0, 0.05) is 44.2 Å². The maximum absolute atomic E-state index is 5.89. The Bertz CT molecular complexity index is 4700. The third-order valence-electron chi connectivity index (χ3n) is 20.9. The van der Waals surface area contributed by atoms with Gasteiger partial charge in [0.25, 0.3) is 0 Å². The molecule has 4 aliphatic rings. The van der Waals surface area contributed by atoms with E-state index in [2.05, 4.69) is 216 Å². The van der Waals surface area contributed by atoms with E-state index in [1.165, 1.54) is 111 Å². The van der Waals surface area contributed by atoms with Crippen molar-refractivity contribution in [3.05, 3.63) is 175 Å². The number of fused-ring (bicyclic) bond motifs is 18. The van der Waals surface area contributed by atoms with Gasteiger partial charge in [-0.05, 0) is 275 Å². The second kappa shape index (κ2) is 24.0. The Morgan fingerprint density at radius 3 is 0.867 bits per heavy atom. The number of allylic oxidation sites excluding steroid dienone is 8. The van der Waals surface area contributed by atoms with Crippen LogP contribution in [0, 0.1) is 13.8 Å². The van der Waals surface area contributed by atoms with E-state index < -0.39 is 0 Å². The van der Waals surface area contributed by atoms with E-state index >= 15 is 0 Å². The highest BCUT2D eigenvalue weighted by Gasteiger charge is 2.29. The van der Waals surface area contributed by atoms with Gasteiger partial charge in [-0.25, -0.2) is 19.9 Å². The van der Waals surface area contributed by atoms with Crippen LogP contribution in [0.5, 0.6) is 0 Å². The lowest BCUT2D eigenvalue weighted by Gasteiger charge is -2.15. The minimum Gasteiger partial charge on any atom is -0.355 e. The molecule has 0 amide bonds. The van der Waals surface area contributed by atoms with Crippen molar-refractivity contribution in [1.82, 2.24) is 39.9 Å². The minimum atomic E-state index is 0.851. The monoisotopic (exact) mass is 1190 g/mol. The van der Waals surface area contributed by atoms with E-state index in [0.29, 0.717) is 0 Å². The summed E-state index contributed by atoms with van der Waals surface area (Å²) in [4.78, 5) is 39.1. The Morgan fingerprint density at radius 1 is 0.289 bits per heavy atom. The SMILES string of the molecule is CCC1=C(CC)c2cc3[nH]c(c(C)c3CC)c(-c3cccc4cc5cccc(-c6c7nc(cc8[nH]c(cc9nc(cc%10[nH]c6c(C)c%10CC)C(CC)=C9CC)c(CC)c8CC)C(CC)=C7C)c5cc34)c3nc(cc4[nH]c(cc1n2)c(CC)c4CC)C(CC)=C3C. The summed E-state index contributed by atoms with van der Waals surface area (Å²) in [5.41, 5.74) is 42.6. The largest absolute Gasteiger partial charge is 0.355 e. The van der Waals surface area contributed by atoms with Crippen LogP contribution in [0.3, 0.4) is 0 Å². The van der Waals surface area contributed by atoms with Gasteiger partial charge in [0.1, 0.15) is 0 Å². The fourth-order valence-electron chi connectivity index (χ4n) is 16.4. The number of H-pyrrole nitrogens is 4. The Kier molecular flexibility index (Phi) is 16.1. The number of aromatic amines is 4. The molecule has 4 N–H and O–H groups in total. The summed E-state index contributed by atoms with van der Waals surface area (Å²) in [5.74, 6) is 0. The zero-order valence-electron chi connectivity index (χ0n) is 56.4. The number of nitrogens with one attached hydrogen (secondary N) is 4. The van der Waals surface area contributed by atoms with E-state index in [-0.39, 0.29) is 0 Å². The number of aryl methyl sites for hydroxylation is 8. The highest BCUT2D eigenvalue weighted by molar-refractivity contribution is 6.15. The van der Waals surface area contributed by atoms with E-state index in [1.807, 2.05) is 0 Å². The second-order valence-corrected chi connectivity index (χ2v) is 25.2. The van der Waals surface area contributed by atoms with Crippen molar-refractivity contribution in [3.8, 4) is 22.3 Å². The van der Waals surface area contributed by atoms with Crippen LogP contribution in [0.15, 0.2) is 84.9 Å².